The number of amides is 2. The van der Waals surface area contributed by atoms with E-state index >= 15 is 0 Å². The van der Waals surface area contributed by atoms with Crippen LogP contribution in [0, 0.1) is 0 Å². The van der Waals surface area contributed by atoms with Gasteiger partial charge < -0.3 is 24.8 Å². The van der Waals surface area contributed by atoms with Gasteiger partial charge in [-0.3, -0.25) is 0 Å². The maximum atomic E-state index is 12.6. The van der Waals surface area contributed by atoms with E-state index in [1.807, 2.05) is 32.0 Å². The highest BCUT2D eigenvalue weighted by atomic mass is 16.5. The first-order chi connectivity index (χ1) is 14.0. The highest BCUT2D eigenvalue weighted by Gasteiger charge is 2.32. The first-order valence-corrected chi connectivity index (χ1v) is 10.4. The first-order valence-electron chi connectivity index (χ1n) is 10.4. The largest absolute Gasteiger partial charge is 0.490 e. The van der Waals surface area contributed by atoms with E-state index in [1.54, 1.807) is 6.92 Å². The first kappa shape index (κ1) is 22.6. The number of benzene rings is 1. The number of rotatable bonds is 11. The van der Waals surface area contributed by atoms with Crippen molar-refractivity contribution in [3.8, 4) is 11.5 Å². The van der Waals surface area contributed by atoms with Crippen molar-refractivity contribution in [1.82, 2.24) is 10.6 Å². The van der Waals surface area contributed by atoms with Crippen molar-refractivity contribution in [3.05, 3.63) is 35.0 Å². The quantitative estimate of drug-likeness (QED) is 0.426. The molecule has 0 saturated carbocycles. The van der Waals surface area contributed by atoms with E-state index in [1.165, 1.54) is 0 Å². The molecule has 2 N–H and O–H groups in total. The lowest BCUT2D eigenvalue weighted by Gasteiger charge is -2.28. The summed E-state index contributed by atoms with van der Waals surface area (Å²) in [5.41, 5.74) is 1.60. The molecule has 29 heavy (non-hydrogen) atoms. The van der Waals surface area contributed by atoms with Crippen molar-refractivity contribution in [2.45, 2.75) is 59.4 Å². The summed E-state index contributed by atoms with van der Waals surface area (Å²) in [4.78, 5) is 24.7. The van der Waals surface area contributed by atoms with E-state index in [2.05, 4.69) is 17.6 Å². The third-order valence-corrected chi connectivity index (χ3v) is 4.53. The molecule has 2 amide bonds. The highest BCUT2D eigenvalue weighted by molar-refractivity contribution is 5.95. The zero-order valence-electron chi connectivity index (χ0n) is 17.8. The van der Waals surface area contributed by atoms with Crippen LogP contribution in [0.25, 0.3) is 0 Å². The minimum Gasteiger partial charge on any atom is -0.490 e. The van der Waals surface area contributed by atoms with Crippen molar-refractivity contribution < 1.29 is 23.8 Å². The molecule has 0 bridgehead atoms. The maximum absolute atomic E-state index is 12.6. The number of carbonyl (C=O) groups is 2. The predicted molar refractivity (Wildman–Crippen MR) is 111 cm³/mol. The van der Waals surface area contributed by atoms with E-state index < -0.39 is 12.0 Å². The molecule has 1 aliphatic rings. The molecule has 1 heterocycles. The van der Waals surface area contributed by atoms with Gasteiger partial charge in [-0.15, -0.1) is 0 Å². The number of hydrogen-bond acceptors (Lipinski definition) is 5. The summed E-state index contributed by atoms with van der Waals surface area (Å²) in [7, 11) is 0. The van der Waals surface area contributed by atoms with Crippen molar-refractivity contribution in [2.75, 3.05) is 19.8 Å². The lowest BCUT2D eigenvalue weighted by Crippen LogP contribution is -2.45. The zero-order chi connectivity index (χ0) is 21.2. The molecule has 1 aromatic carbocycles. The summed E-state index contributed by atoms with van der Waals surface area (Å²) in [5.74, 6) is 0.802. The number of urea groups is 1. The Hall–Kier alpha value is -2.70. The molecule has 0 spiro atoms. The number of allylic oxidation sites excluding steroid dienone is 1. The molecular weight excluding hydrogens is 372 g/mol. The average Bonchev–Trinajstić information content (AvgIpc) is 2.70. The minimum atomic E-state index is -0.624. The van der Waals surface area contributed by atoms with Crippen LogP contribution in [-0.4, -0.2) is 31.8 Å². The minimum absolute atomic E-state index is 0.324. The molecule has 1 unspecified atom stereocenters. The fraction of sp³-hybridized carbons (Fsp3) is 0.545. The summed E-state index contributed by atoms with van der Waals surface area (Å²) in [6.07, 6.45) is 3.93. The van der Waals surface area contributed by atoms with Crippen molar-refractivity contribution in [2.24, 2.45) is 0 Å². The Morgan fingerprint density at radius 1 is 1.03 bits per heavy atom. The summed E-state index contributed by atoms with van der Waals surface area (Å²) in [6, 6.07) is 4.49. The number of nitrogens with one attached hydrogen (secondary N) is 2. The molecule has 1 atom stereocenters. The highest BCUT2D eigenvalue weighted by Crippen LogP contribution is 2.35. The summed E-state index contributed by atoms with van der Waals surface area (Å²) < 4.78 is 17.0. The monoisotopic (exact) mass is 404 g/mol. The van der Waals surface area contributed by atoms with Crippen molar-refractivity contribution >= 4 is 12.0 Å². The third-order valence-electron chi connectivity index (χ3n) is 4.53. The Morgan fingerprint density at radius 2 is 1.83 bits per heavy atom. The van der Waals surface area contributed by atoms with Crippen LogP contribution in [-0.2, 0) is 9.53 Å². The second-order valence-corrected chi connectivity index (χ2v) is 6.90. The molecule has 2 rings (SSSR count). The number of hydrogen-bond donors (Lipinski definition) is 2. The molecule has 1 aromatic rings. The van der Waals surface area contributed by atoms with Crippen LogP contribution in [0.15, 0.2) is 29.5 Å². The third kappa shape index (κ3) is 6.14. The molecule has 0 saturated heterocycles. The summed E-state index contributed by atoms with van der Waals surface area (Å²) >= 11 is 0. The fourth-order valence-corrected chi connectivity index (χ4v) is 3.11. The van der Waals surface area contributed by atoms with Gasteiger partial charge in [0.1, 0.15) is 0 Å². The maximum Gasteiger partial charge on any atom is 0.338 e. The molecule has 0 fully saturated rings. The normalized spacial score (nSPS) is 16.1. The van der Waals surface area contributed by atoms with E-state index in [0.717, 1.165) is 31.2 Å². The Labute approximate surface area is 172 Å². The smallest absolute Gasteiger partial charge is 0.338 e. The van der Waals surface area contributed by atoms with Gasteiger partial charge >= 0.3 is 12.0 Å². The molecule has 7 heteroatoms. The molecule has 1 aliphatic heterocycles. The van der Waals surface area contributed by atoms with Gasteiger partial charge in [0.05, 0.1) is 31.4 Å². The SMILES string of the molecule is CCCCCOc1ccc(C2NC(=O)NC(C)=C2C(=O)OCCC)cc1OCC. The molecule has 0 aromatic heterocycles. The topological polar surface area (TPSA) is 85.9 Å². The number of ether oxygens (including phenoxy) is 3. The van der Waals surface area contributed by atoms with Crippen LogP contribution in [0.1, 0.15) is 65.0 Å². The van der Waals surface area contributed by atoms with E-state index in [9.17, 15) is 9.59 Å². The van der Waals surface area contributed by atoms with Gasteiger partial charge in [0.15, 0.2) is 11.5 Å². The lowest BCUT2D eigenvalue weighted by atomic mass is 9.95. The Kier molecular flexibility index (Phi) is 8.83. The van der Waals surface area contributed by atoms with Crippen LogP contribution in [0.5, 0.6) is 11.5 Å². The van der Waals surface area contributed by atoms with Gasteiger partial charge in [-0.05, 0) is 44.4 Å². The predicted octanol–water partition coefficient (Wildman–Crippen LogP) is 4.24. The van der Waals surface area contributed by atoms with E-state index in [4.69, 9.17) is 14.2 Å². The van der Waals surface area contributed by atoms with Gasteiger partial charge in [0, 0.05) is 5.70 Å². The van der Waals surface area contributed by atoms with Gasteiger partial charge in [-0.2, -0.15) is 0 Å². The van der Waals surface area contributed by atoms with Gasteiger partial charge in [-0.25, -0.2) is 9.59 Å². The average molecular weight is 405 g/mol. The molecular formula is C22H32N2O5. The fourth-order valence-electron chi connectivity index (χ4n) is 3.11. The Balaban J connectivity index is 2.31. The molecule has 7 nitrogen and oxygen atoms in total. The van der Waals surface area contributed by atoms with E-state index in [-0.39, 0.29) is 6.03 Å². The Morgan fingerprint density at radius 3 is 2.52 bits per heavy atom. The number of carbonyl (C=O) groups excluding carboxylic acids is 2. The van der Waals surface area contributed by atoms with Crippen LogP contribution < -0.4 is 20.1 Å². The Bertz CT molecular complexity index is 745. The van der Waals surface area contributed by atoms with Crippen LogP contribution >= 0.6 is 0 Å². The molecule has 160 valence electrons. The van der Waals surface area contributed by atoms with Crippen molar-refractivity contribution in [1.29, 1.82) is 0 Å². The van der Waals surface area contributed by atoms with Crippen molar-refractivity contribution in [3.63, 3.8) is 0 Å². The van der Waals surface area contributed by atoms with Crippen LogP contribution in [0.4, 0.5) is 4.79 Å². The number of unbranched alkanes of at least 4 members (excludes halogenated alkanes) is 2. The molecule has 0 radical (unpaired) electrons. The lowest BCUT2D eigenvalue weighted by molar-refractivity contribution is -0.139. The summed E-state index contributed by atoms with van der Waals surface area (Å²) in [5, 5.41) is 5.46. The van der Waals surface area contributed by atoms with Gasteiger partial charge in [0.2, 0.25) is 0 Å². The standard InChI is InChI=1S/C22H32N2O5/c1-5-8-9-13-28-17-11-10-16(14-18(17)27-7-3)20-19(21(25)29-12-6-2)15(4)23-22(26)24-20/h10-11,14,20H,5-9,12-13H2,1-4H3,(H2,23,24,26). The summed E-state index contributed by atoms with van der Waals surface area (Å²) in [6.45, 7) is 9.09. The second kappa shape index (κ2) is 11.3. The van der Waals surface area contributed by atoms with Crippen LogP contribution in [0.3, 0.4) is 0 Å². The zero-order valence-corrected chi connectivity index (χ0v) is 17.8. The second-order valence-electron chi connectivity index (χ2n) is 6.90. The molecule has 0 aliphatic carbocycles. The number of esters is 1. The van der Waals surface area contributed by atoms with Gasteiger partial charge in [-0.1, -0.05) is 32.8 Å². The van der Waals surface area contributed by atoms with E-state index in [0.29, 0.717) is 42.6 Å². The van der Waals surface area contributed by atoms with Gasteiger partial charge in [0.25, 0.3) is 0 Å². The van der Waals surface area contributed by atoms with Crippen LogP contribution in [0.2, 0.25) is 0 Å².